The lowest BCUT2D eigenvalue weighted by Gasteiger charge is -2.07. The SMILES string of the molecule is CC(C)(O)C(=O)O.CC1CC1. The van der Waals surface area contributed by atoms with Gasteiger partial charge in [0.2, 0.25) is 0 Å². The van der Waals surface area contributed by atoms with Gasteiger partial charge in [0.15, 0.2) is 5.60 Å². The van der Waals surface area contributed by atoms with E-state index in [1.807, 2.05) is 0 Å². The van der Waals surface area contributed by atoms with Gasteiger partial charge in [-0.1, -0.05) is 19.8 Å². The van der Waals surface area contributed by atoms with E-state index < -0.39 is 11.6 Å². The molecule has 0 heterocycles. The maximum Gasteiger partial charge on any atom is 0.335 e. The topological polar surface area (TPSA) is 57.5 Å². The van der Waals surface area contributed by atoms with Gasteiger partial charge >= 0.3 is 5.97 Å². The number of carboxylic acids is 1. The predicted octanol–water partition coefficient (Wildman–Crippen LogP) is 1.26. The first kappa shape index (κ1) is 10.4. The van der Waals surface area contributed by atoms with Crippen molar-refractivity contribution in [2.75, 3.05) is 0 Å². The maximum atomic E-state index is 9.77. The molecule has 0 atom stereocenters. The quantitative estimate of drug-likeness (QED) is 0.607. The lowest BCUT2D eigenvalue weighted by Crippen LogP contribution is -2.30. The molecule has 0 spiro atoms. The molecule has 1 saturated carbocycles. The highest BCUT2D eigenvalue weighted by molar-refractivity contribution is 5.75. The van der Waals surface area contributed by atoms with Crippen LogP contribution in [0.3, 0.4) is 0 Å². The number of aliphatic carboxylic acids is 1. The largest absolute Gasteiger partial charge is 0.479 e. The molecule has 1 rings (SSSR count). The van der Waals surface area contributed by atoms with Gasteiger partial charge in [-0.2, -0.15) is 0 Å². The molecule has 11 heavy (non-hydrogen) atoms. The lowest BCUT2D eigenvalue weighted by molar-refractivity contribution is -0.154. The van der Waals surface area contributed by atoms with Crippen LogP contribution < -0.4 is 0 Å². The second-order valence-corrected chi connectivity index (χ2v) is 3.55. The highest BCUT2D eigenvalue weighted by Crippen LogP contribution is 2.26. The molecule has 0 bridgehead atoms. The number of rotatable bonds is 1. The van der Waals surface area contributed by atoms with Crippen molar-refractivity contribution in [3.63, 3.8) is 0 Å². The molecule has 0 unspecified atom stereocenters. The van der Waals surface area contributed by atoms with Crippen molar-refractivity contribution in [3.8, 4) is 0 Å². The number of aliphatic hydroxyl groups is 1. The first-order chi connectivity index (χ1) is 4.84. The normalized spacial score (nSPS) is 16.7. The summed E-state index contributed by atoms with van der Waals surface area (Å²) in [5.74, 6) is -0.118. The third kappa shape index (κ3) is 7.33. The Morgan fingerprint density at radius 1 is 1.45 bits per heavy atom. The minimum absolute atomic E-state index is 1.08. The molecule has 0 aliphatic heterocycles. The second kappa shape index (κ2) is 3.72. The Kier molecular flexibility index (Phi) is 3.52. The molecule has 3 nitrogen and oxygen atoms in total. The van der Waals surface area contributed by atoms with Crippen molar-refractivity contribution in [1.82, 2.24) is 0 Å². The van der Waals surface area contributed by atoms with Crippen LogP contribution in [-0.2, 0) is 4.79 Å². The summed E-state index contributed by atoms with van der Waals surface area (Å²) >= 11 is 0. The Bertz CT molecular complexity index is 131. The highest BCUT2D eigenvalue weighted by atomic mass is 16.4. The zero-order valence-corrected chi connectivity index (χ0v) is 7.29. The summed E-state index contributed by atoms with van der Waals surface area (Å²) in [4.78, 5) is 9.77. The van der Waals surface area contributed by atoms with Crippen LogP contribution in [0.5, 0.6) is 0 Å². The van der Waals surface area contributed by atoms with E-state index >= 15 is 0 Å². The standard InChI is InChI=1S/C4H8O3.C4H8/c1-4(2,7)3(5)6;1-4-2-3-4/h7H,1-2H3,(H,5,6);4H,2-3H2,1H3. The Balaban J connectivity index is 0.000000207. The van der Waals surface area contributed by atoms with Gasteiger partial charge in [-0.3, -0.25) is 0 Å². The predicted molar refractivity (Wildman–Crippen MR) is 42.3 cm³/mol. The molecule has 0 amide bonds. The maximum absolute atomic E-state index is 9.77. The van der Waals surface area contributed by atoms with Gasteiger partial charge in [0.25, 0.3) is 0 Å². The van der Waals surface area contributed by atoms with Crippen molar-refractivity contribution in [2.45, 2.75) is 39.2 Å². The van der Waals surface area contributed by atoms with Gasteiger partial charge in [-0.25, -0.2) is 4.79 Å². The molecule has 1 fully saturated rings. The van der Waals surface area contributed by atoms with Crippen LogP contribution in [0, 0.1) is 5.92 Å². The average molecular weight is 160 g/mol. The summed E-state index contributed by atoms with van der Waals surface area (Å²) in [7, 11) is 0. The number of hydrogen-bond acceptors (Lipinski definition) is 2. The van der Waals surface area contributed by atoms with Gasteiger partial charge in [0.05, 0.1) is 0 Å². The van der Waals surface area contributed by atoms with Crippen LogP contribution in [0.4, 0.5) is 0 Å². The fourth-order valence-corrected chi connectivity index (χ4v) is 0.167. The van der Waals surface area contributed by atoms with E-state index in [1.165, 1.54) is 26.7 Å². The molecular formula is C8H16O3. The van der Waals surface area contributed by atoms with Gasteiger partial charge < -0.3 is 10.2 Å². The molecule has 0 aromatic carbocycles. The van der Waals surface area contributed by atoms with E-state index in [0.717, 1.165) is 5.92 Å². The molecule has 0 aromatic heterocycles. The fourth-order valence-electron chi connectivity index (χ4n) is 0.167. The number of hydrogen-bond donors (Lipinski definition) is 2. The van der Waals surface area contributed by atoms with Crippen LogP contribution in [0.15, 0.2) is 0 Å². The summed E-state index contributed by atoms with van der Waals surface area (Å²) in [6, 6.07) is 0. The first-order valence-corrected chi connectivity index (χ1v) is 3.80. The summed E-state index contributed by atoms with van der Waals surface area (Å²) < 4.78 is 0. The molecule has 1 aliphatic carbocycles. The van der Waals surface area contributed by atoms with E-state index in [2.05, 4.69) is 6.92 Å². The van der Waals surface area contributed by atoms with E-state index in [1.54, 1.807) is 0 Å². The molecule has 0 aromatic rings. The number of carboxylic acid groups (broad SMARTS) is 1. The Morgan fingerprint density at radius 2 is 1.64 bits per heavy atom. The Labute approximate surface area is 67.0 Å². The molecule has 0 saturated heterocycles. The van der Waals surface area contributed by atoms with Crippen molar-refractivity contribution < 1.29 is 15.0 Å². The van der Waals surface area contributed by atoms with Crippen LogP contribution >= 0.6 is 0 Å². The molecule has 1 aliphatic rings. The lowest BCUT2D eigenvalue weighted by atomic mass is 10.1. The third-order valence-electron chi connectivity index (χ3n) is 1.39. The van der Waals surface area contributed by atoms with Crippen molar-refractivity contribution in [3.05, 3.63) is 0 Å². The Hall–Kier alpha value is -0.570. The monoisotopic (exact) mass is 160 g/mol. The summed E-state index contributed by atoms with van der Waals surface area (Å²) in [6.07, 6.45) is 2.97. The van der Waals surface area contributed by atoms with Crippen LogP contribution in [0.25, 0.3) is 0 Å². The third-order valence-corrected chi connectivity index (χ3v) is 1.39. The Morgan fingerprint density at radius 3 is 1.64 bits per heavy atom. The minimum atomic E-state index is -1.58. The minimum Gasteiger partial charge on any atom is -0.479 e. The summed E-state index contributed by atoms with van der Waals surface area (Å²) in [6.45, 7) is 4.71. The zero-order valence-electron chi connectivity index (χ0n) is 7.29. The van der Waals surface area contributed by atoms with Crippen molar-refractivity contribution in [1.29, 1.82) is 0 Å². The van der Waals surface area contributed by atoms with Gasteiger partial charge in [0.1, 0.15) is 0 Å². The van der Waals surface area contributed by atoms with E-state index in [0.29, 0.717) is 0 Å². The van der Waals surface area contributed by atoms with E-state index in [4.69, 9.17) is 10.2 Å². The summed E-state index contributed by atoms with van der Waals surface area (Å²) in [5, 5.41) is 16.5. The molecular weight excluding hydrogens is 144 g/mol. The number of carbonyl (C=O) groups is 1. The van der Waals surface area contributed by atoms with E-state index in [9.17, 15) is 4.79 Å². The fraction of sp³-hybridized carbons (Fsp3) is 0.875. The van der Waals surface area contributed by atoms with E-state index in [-0.39, 0.29) is 0 Å². The zero-order chi connectivity index (χ0) is 9.07. The van der Waals surface area contributed by atoms with Crippen molar-refractivity contribution in [2.24, 2.45) is 5.92 Å². The second-order valence-electron chi connectivity index (χ2n) is 3.55. The van der Waals surface area contributed by atoms with Gasteiger partial charge in [0, 0.05) is 0 Å². The van der Waals surface area contributed by atoms with Crippen LogP contribution in [0.1, 0.15) is 33.6 Å². The van der Waals surface area contributed by atoms with Crippen LogP contribution in [0.2, 0.25) is 0 Å². The van der Waals surface area contributed by atoms with Crippen LogP contribution in [-0.4, -0.2) is 21.8 Å². The van der Waals surface area contributed by atoms with Crippen molar-refractivity contribution >= 4 is 5.97 Å². The molecule has 66 valence electrons. The molecule has 2 N–H and O–H groups in total. The molecule has 0 radical (unpaired) electrons. The average Bonchev–Trinajstić information content (AvgIpc) is 2.49. The first-order valence-electron chi connectivity index (χ1n) is 3.80. The highest BCUT2D eigenvalue weighted by Gasteiger charge is 2.21. The van der Waals surface area contributed by atoms with Gasteiger partial charge in [-0.15, -0.1) is 0 Å². The van der Waals surface area contributed by atoms with Gasteiger partial charge in [-0.05, 0) is 19.8 Å². The molecule has 3 heteroatoms. The summed E-state index contributed by atoms with van der Waals surface area (Å²) in [5.41, 5.74) is -1.58. The smallest absolute Gasteiger partial charge is 0.335 e.